The predicted molar refractivity (Wildman–Crippen MR) is 118 cm³/mol. The minimum absolute atomic E-state index is 0.202. The number of thiophene rings is 2. The van der Waals surface area contributed by atoms with Crippen LogP contribution < -0.4 is 16.6 Å². The minimum atomic E-state index is -0.462. The number of rotatable bonds is 5. The lowest BCUT2D eigenvalue weighted by molar-refractivity contribution is -0.117. The Balaban J connectivity index is 1.61. The number of carbonyl (C=O) groups excluding carboxylic acids is 1. The maximum atomic E-state index is 13.1. The van der Waals surface area contributed by atoms with E-state index in [1.807, 2.05) is 35.7 Å². The summed E-state index contributed by atoms with van der Waals surface area (Å²) < 4.78 is 4.46. The van der Waals surface area contributed by atoms with E-state index in [0.29, 0.717) is 22.4 Å². The van der Waals surface area contributed by atoms with Crippen LogP contribution in [0, 0.1) is 0 Å². The lowest BCUT2D eigenvalue weighted by Crippen LogP contribution is -2.29. The first-order chi connectivity index (χ1) is 14.6. The van der Waals surface area contributed by atoms with Crippen LogP contribution in [0.3, 0.4) is 0 Å². The number of nitrogens with zero attached hydrogens (tertiary/aromatic N) is 4. The summed E-state index contributed by atoms with van der Waals surface area (Å²) >= 11 is 2.81. The SMILES string of the molecule is O=C(Cn1nc2n(Cc3cccs3)c(=O)c3sccc3n2c1=O)Nc1ccccc1. The van der Waals surface area contributed by atoms with Crippen LogP contribution in [0.15, 0.2) is 68.9 Å². The molecular weight excluding hydrogens is 422 g/mol. The number of benzene rings is 1. The highest BCUT2D eigenvalue weighted by molar-refractivity contribution is 7.17. The van der Waals surface area contributed by atoms with Gasteiger partial charge in [0.1, 0.15) is 11.2 Å². The zero-order valence-corrected chi connectivity index (χ0v) is 17.2. The number of hydrogen-bond acceptors (Lipinski definition) is 6. The van der Waals surface area contributed by atoms with Crippen LogP contribution in [0.1, 0.15) is 4.88 Å². The molecule has 10 heteroatoms. The van der Waals surface area contributed by atoms with E-state index in [9.17, 15) is 14.4 Å². The van der Waals surface area contributed by atoms with Crippen molar-refractivity contribution in [3.05, 3.63) is 85.0 Å². The van der Waals surface area contributed by atoms with Gasteiger partial charge in [-0.3, -0.25) is 14.2 Å². The fourth-order valence-electron chi connectivity index (χ4n) is 3.30. The molecule has 0 aliphatic heterocycles. The van der Waals surface area contributed by atoms with Crippen molar-refractivity contribution in [1.29, 1.82) is 0 Å². The number of nitrogens with one attached hydrogen (secondary N) is 1. The van der Waals surface area contributed by atoms with Crippen LogP contribution >= 0.6 is 22.7 Å². The van der Waals surface area contributed by atoms with Gasteiger partial charge in [0.25, 0.3) is 5.56 Å². The van der Waals surface area contributed by atoms with Crippen molar-refractivity contribution in [2.75, 3.05) is 5.32 Å². The van der Waals surface area contributed by atoms with E-state index in [4.69, 9.17) is 0 Å². The molecule has 1 aromatic carbocycles. The number of anilines is 1. The summed E-state index contributed by atoms with van der Waals surface area (Å²) in [5.41, 5.74) is 0.472. The van der Waals surface area contributed by atoms with Crippen molar-refractivity contribution in [3.8, 4) is 0 Å². The summed E-state index contributed by atoms with van der Waals surface area (Å²) in [5, 5.41) is 10.8. The molecule has 4 aromatic heterocycles. The van der Waals surface area contributed by atoms with Crippen LogP contribution in [-0.4, -0.2) is 24.7 Å². The molecule has 0 aliphatic carbocycles. The average molecular weight is 438 g/mol. The fourth-order valence-corrected chi connectivity index (χ4v) is 4.81. The Hall–Kier alpha value is -3.50. The third kappa shape index (κ3) is 3.15. The van der Waals surface area contributed by atoms with E-state index < -0.39 is 5.69 Å². The first kappa shape index (κ1) is 18.5. The van der Waals surface area contributed by atoms with Gasteiger partial charge >= 0.3 is 5.69 Å². The molecule has 0 atom stereocenters. The number of aromatic nitrogens is 4. The van der Waals surface area contributed by atoms with Crippen molar-refractivity contribution in [3.63, 3.8) is 0 Å². The van der Waals surface area contributed by atoms with E-state index in [2.05, 4.69) is 10.4 Å². The second-order valence-corrected chi connectivity index (χ2v) is 8.54. The molecule has 0 bridgehead atoms. The normalized spacial score (nSPS) is 11.3. The first-order valence-electron chi connectivity index (χ1n) is 9.08. The molecule has 8 nitrogen and oxygen atoms in total. The molecule has 0 aliphatic rings. The second kappa shape index (κ2) is 7.39. The largest absolute Gasteiger partial charge is 0.352 e. The van der Waals surface area contributed by atoms with E-state index in [1.54, 1.807) is 23.6 Å². The maximum absolute atomic E-state index is 13.1. The molecule has 30 heavy (non-hydrogen) atoms. The van der Waals surface area contributed by atoms with Gasteiger partial charge in [0.2, 0.25) is 11.7 Å². The lowest BCUT2D eigenvalue weighted by atomic mass is 10.3. The average Bonchev–Trinajstić information content (AvgIpc) is 3.47. The molecule has 0 saturated carbocycles. The van der Waals surface area contributed by atoms with Crippen molar-refractivity contribution in [1.82, 2.24) is 18.7 Å². The van der Waals surface area contributed by atoms with Crippen LogP contribution in [0.5, 0.6) is 0 Å². The third-order valence-electron chi connectivity index (χ3n) is 4.63. The predicted octanol–water partition coefficient (Wildman–Crippen LogP) is 2.62. The molecule has 1 amide bonds. The summed E-state index contributed by atoms with van der Waals surface area (Å²) in [6, 6.07) is 14.5. The Kier molecular flexibility index (Phi) is 4.57. The van der Waals surface area contributed by atoms with Crippen LogP contribution in [0.25, 0.3) is 16.0 Å². The van der Waals surface area contributed by atoms with E-state index in [-0.39, 0.29) is 23.8 Å². The third-order valence-corrected chi connectivity index (χ3v) is 6.39. The zero-order valence-electron chi connectivity index (χ0n) is 15.5. The monoisotopic (exact) mass is 437 g/mol. The number of para-hydroxylation sites is 1. The fraction of sp³-hybridized carbons (Fsp3) is 0.100. The van der Waals surface area contributed by atoms with Gasteiger partial charge in [-0.25, -0.2) is 13.9 Å². The van der Waals surface area contributed by atoms with Gasteiger partial charge in [0.05, 0.1) is 12.1 Å². The van der Waals surface area contributed by atoms with E-state index in [1.165, 1.54) is 31.6 Å². The van der Waals surface area contributed by atoms with Crippen LogP contribution in [0.2, 0.25) is 0 Å². The summed E-state index contributed by atoms with van der Waals surface area (Å²) in [4.78, 5) is 39.5. The molecule has 0 saturated heterocycles. The minimum Gasteiger partial charge on any atom is -0.324 e. The van der Waals surface area contributed by atoms with Gasteiger partial charge in [0.15, 0.2) is 0 Å². The highest BCUT2D eigenvalue weighted by Crippen LogP contribution is 2.19. The number of carbonyl (C=O) groups is 1. The molecule has 0 radical (unpaired) electrons. The van der Waals surface area contributed by atoms with Gasteiger partial charge < -0.3 is 5.32 Å². The Morgan fingerprint density at radius 3 is 2.60 bits per heavy atom. The molecular formula is C20H15N5O3S2. The molecule has 150 valence electrons. The summed E-state index contributed by atoms with van der Waals surface area (Å²) in [7, 11) is 0. The van der Waals surface area contributed by atoms with E-state index in [0.717, 1.165) is 9.56 Å². The molecule has 5 aromatic rings. The highest BCUT2D eigenvalue weighted by Gasteiger charge is 2.19. The Morgan fingerprint density at radius 1 is 1.00 bits per heavy atom. The summed E-state index contributed by atoms with van der Waals surface area (Å²) in [6.45, 7) is 0.0503. The van der Waals surface area contributed by atoms with Crippen LogP contribution in [0.4, 0.5) is 5.69 Å². The highest BCUT2D eigenvalue weighted by atomic mass is 32.1. The van der Waals surface area contributed by atoms with Gasteiger partial charge in [-0.05, 0) is 35.0 Å². The molecule has 0 spiro atoms. The zero-order chi connectivity index (χ0) is 20.7. The van der Waals surface area contributed by atoms with Gasteiger partial charge in [-0.2, -0.15) is 0 Å². The number of amides is 1. The van der Waals surface area contributed by atoms with Crippen LogP contribution in [-0.2, 0) is 17.9 Å². The number of hydrogen-bond donors (Lipinski definition) is 1. The van der Waals surface area contributed by atoms with Gasteiger partial charge in [0, 0.05) is 10.6 Å². The Morgan fingerprint density at radius 2 is 1.83 bits per heavy atom. The molecule has 1 N–H and O–H groups in total. The van der Waals surface area contributed by atoms with E-state index >= 15 is 0 Å². The van der Waals surface area contributed by atoms with Crippen molar-refractivity contribution in [2.24, 2.45) is 0 Å². The Bertz CT molecular complexity index is 1480. The van der Waals surface area contributed by atoms with Crippen molar-refractivity contribution in [2.45, 2.75) is 13.1 Å². The topological polar surface area (TPSA) is 90.4 Å². The molecule has 4 heterocycles. The summed E-state index contributed by atoms with van der Waals surface area (Å²) in [6.07, 6.45) is 0. The standard InChI is InChI=1S/C20H15N5O3S2/c26-16(21-13-5-2-1-3-6-13)12-24-20(28)25-15-8-10-30-17(15)18(27)23(19(25)22-24)11-14-7-4-9-29-14/h1-10H,11-12H2,(H,21,26). The maximum Gasteiger partial charge on any atom is 0.352 e. The van der Waals surface area contributed by atoms with Crippen molar-refractivity contribution < 1.29 is 4.79 Å². The quantitative estimate of drug-likeness (QED) is 0.458. The lowest BCUT2D eigenvalue weighted by Gasteiger charge is -2.06. The Labute approximate surface area is 177 Å². The number of fused-ring (bicyclic) bond motifs is 3. The first-order valence-corrected chi connectivity index (χ1v) is 10.8. The summed E-state index contributed by atoms with van der Waals surface area (Å²) in [5.74, 6) is -0.155. The molecule has 5 rings (SSSR count). The van der Waals surface area contributed by atoms with Crippen molar-refractivity contribution >= 4 is 50.3 Å². The molecule has 0 fully saturated rings. The van der Waals surface area contributed by atoms with Gasteiger partial charge in [-0.15, -0.1) is 27.8 Å². The second-order valence-electron chi connectivity index (χ2n) is 6.60. The molecule has 0 unspecified atom stereocenters. The smallest absolute Gasteiger partial charge is 0.324 e. The van der Waals surface area contributed by atoms with Gasteiger partial charge in [-0.1, -0.05) is 24.3 Å².